The number of quaternary nitrogens is 1. The Morgan fingerprint density at radius 3 is 2.74 bits per heavy atom. The Labute approximate surface area is 123 Å². The fourth-order valence-electron chi connectivity index (χ4n) is 3.78. The van der Waals surface area contributed by atoms with Crippen molar-refractivity contribution in [1.29, 1.82) is 0 Å². The van der Waals surface area contributed by atoms with Crippen LogP contribution in [0.3, 0.4) is 0 Å². The lowest BCUT2D eigenvalue weighted by Crippen LogP contribution is -3.16. The summed E-state index contributed by atoms with van der Waals surface area (Å²) in [6, 6.07) is 12.5. The summed E-state index contributed by atoms with van der Waals surface area (Å²) in [7, 11) is 0. The van der Waals surface area contributed by atoms with E-state index in [1.54, 1.807) is 10.5 Å². The number of hydrogen-bond acceptors (Lipinski definition) is 0. The molecule has 1 aliphatic carbocycles. The summed E-state index contributed by atoms with van der Waals surface area (Å²) in [5.74, 6) is 0. The quantitative estimate of drug-likeness (QED) is 0.721. The van der Waals surface area contributed by atoms with Crippen molar-refractivity contribution in [2.24, 2.45) is 0 Å². The Morgan fingerprint density at radius 1 is 1.16 bits per heavy atom. The minimum Gasteiger partial charge on any atom is -1.00 e. The Balaban J connectivity index is 0.00000133. The van der Waals surface area contributed by atoms with Crippen LogP contribution in [0.4, 0.5) is 0 Å². The maximum atomic E-state index is 2.53. The fraction of sp³-hybridized carbons (Fsp3) is 0.529. The van der Waals surface area contributed by atoms with Crippen molar-refractivity contribution >= 4 is 0 Å². The van der Waals surface area contributed by atoms with Gasteiger partial charge in [0.2, 0.25) is 0 Å². The molecule has 1 N–H and O–H groups in total. The zero-order valence-electron chi connectivity index (χ0n) is 11.7. The maximum absolute atomic E-state index is 2.53. The highest BCUT2D eigenvalue weighted by molar-refractivity contribution is 5.18. The maximum Gasteiger partial charge on any atom is 0.111 e. The van der Waals surface area contributed by atoms with Gasteiger partial charge in [0.05, 0.1) is 6.54 Å². The van der Waals surface area contributed by atoms with Gasteiger partial charge in [-0.05, 0) is 31.8 Å². The lowest BCUT2D eigenvalue weighted by atomic mass is 9.85. The first-order valence-corrected chi connectivity index (χ1v) is 7.46. The lowest BCUT2D eigenvalue weighted by Gasteiger charge is -2.40. The van der Waals surface area contributed by atoms with Crippen molar-refractivity contribution in [1.82, 2.24) is 0 Å². The van der Waals surface area contributed by atoms with Gasteiger partial charge in [0, 0.05) is 18.4 Å². The predicted molar refractivity (Wildman–Crippen MR) is 75.6 cm³/mol. The first-order valence-electron chi connectivity index (χ1n) is 7.46. The van der Waals surface area contributed by atoms with E-state index < -0.39 is 0 Å². The Bertz CT molecular complexity index is 426. The van der Waals surface area contributed by atoms with Gasteiger partial charge in [-0.15, -0.1) is 0 Å². The molecule has 2 heteroatoms. The summed E-state index contributed by atoms with van der Waals surface area (Å²) in [5, 5.41) is 0. The van der Waals surface area contributed by atoms with Gasteiger partial charge in [-0.1, -0.05) is 36.4 Å². The molecule has 1 aliphatic heterocycles. The van der Waals surface area contributed by atoms with Crippen LogP contribution in [0.25, 0.3) is 0 Å². The van der Waals surface area contributed by atoms with E-state index in [0.717, 1.165) is 6.04 Å². The highest BCUT2D eigenvalue weighted by Gasteiger charge is 2.34. The second kappa shape index (κ2) is 6.58. The van der Waals surface area contributed by atoms with Gasteiger partial charge in [0.25, 0.3) is 0 Å². The van der Waals surface area contributed by atoms with E-state index in [9.17, 15) is 0 Å². The van der Waals surface area contributed by atoms with Crippen molar-refractivity contribution < 1.29 is 17.3 Å². The van der Waals surface area contributed by atoms with E-state index in [-0.39, 0.29) is 12.4 Å². The van der Waals surface area contributed by atoms with Crippen LogP contribution < -0.4 is 17.3 Å². The fourth-order valence-corrected chi connectivity index (χ4v) is 3.78. The van der Waals surface area contributed by atoms with Crippen LogP contribution in [0.15, 0.2) is 42.0 Å². The third-order valence-electron chi connectivity index (χ3n) is 4.79. The van der Waals surface area contributed by atoms with Crippen molar-refractivity contribution in [3.8, 4) is 0 Å². The highest BCUT2D eigenvalue weighted by atomic mass is 35.5. The molecule has 3 rings (SSSR count). The first kappa shape index (κ1) is 14.6. The molecule has 0 amide bonds. The molecule has 1 unspecified atom stereocenters. The summed E-state index contributed by atoms with van der Waals surface area (Å²) in [5.41, 5.74) is 3.25. The van der Waals surface area contributed by atoms with Gasteiger partial charge < -0.3 is 17.3 Å². The Kier molecular flexibility index (Phi) is 5.06. The van der Waals surface area contributed by atoms with Crippen molar-refractivity contribution in [3.05, 3.63) is 47.5 Å². The SMILES string of the molecule is C[C@H](c1ccccc1)[NH+]1CCCC2=CCCC[C@@H]21.[Cl-]. The molecule has 2 aliphatic rings. The average Bonchev–Trinajstić information content (AvgIpc) is 2.47. The number of hydrogen-bond donors (Lipinski definition) is 1. The monoisotopic (exact) mass is 277 g/mol. The summed E-state index contributed by atoms with van der Waals surface area (Å²) in [6.07, 6.45) is 9.37. The summed E-state index contributed by atoms with van der Waals surface area (Å²) >= 11 is 0. The molecule has 0 aromatic heterocycles. The molecule has 0 radical (unpaired) electrons. The number of allylic oxidation sites excluding steroid dienone is 1. The number of nitrogens with one attached hydrogen (secondary N) is 1. The molecule has 1 aromatic carbocycles. The molecular weight excluding hydrogens is 254 g/mol. The zero-order chi connectivity index (χ0) is 12.4. The number of likely N-dealkylation sites (tertiary alicyclic amines) is 1. The van der Waals surface area contributed by atoms with Crippen LogP contribution in [0.5, 0.6) is 0 Å². The Morgan fingerprint density at radius 2 is 1.95 bits per heavy atom. The number of rotatable bonds is 2. The second-order valence-corrected chi connectivity index (χ2v) is 5.82. The van der Waals surface area contributed by atoms with E-state index in [1.807, 2.05) is 0 Å². The molecule has 0 spiro atoms. The smallest absolute Gasteiger partial charge is 0.111 e. The highest BCUT2D eigenvalue weighted by Crippen LogP contribution is 2.24. The average molecular weight is 278 g/mol. The third-order valence-corrected chi connectivity index (χ3v) is 4.79. The lowest BCUT2D eigenvalue weighted by molar-refractivity contribution is -0.953. The van der Waals surface area contributed by atoms with E-state index >= 15 is 0 Å². The summed E-state index contributed by atoms with van der Waals surface area (Å²) in [4.78, 5) is 1.80. The largest absolute Gasteiger partial charge is 1.00 e. The van der Waals surface area contributed by atoms with Crippen LogP contribution in [0.1, 0.15) is 50.6 Å². The first-order chi connectivity index (χ1) is 8.86. The molecule has 1 nitrogen and oxygen atoms in total. The van der Waals surface area contributed by atoms with Crippen molar-refractivity contribution in [2.75, 3.05) is 6.54 Å². The van der Waals surface area contributed by atoms with Crippen molar-refractivity contribution in [3.63, 3.8) is 0 Å². The standard InChI is InChI=1S/C17H23N.ClH/c1-14(15-8-3-2-4-9-15)18-13-7-11-16-10-5-6-12-17(16)18;/h2-4,8-10,14,17H,5-7,11-13H2,1H3;1H/t14-,17+;/m1./s1. The van der Waals surface area contributed by atoms with Crippen LogP contribution in [0.2, 0.25) is 0 Å². The molecular formula is C17H24ClN. The summed E-state index contributed by atoms with van der Waals surface area (Å²) < 4.78 is 0. The number of halogens is 1. The van der Waals surface area contributed by atoms with E-state index in [0.29, 0.717) is 6.04 Å². The third kappa shape index (κ3) is 3.04. The Hall–Kier alpha value is -0.790. The topological polar surface area (TPSA) is 4.44 Å². The molecule has 0 saturated carbocycles. The number of piperidine rings is 1. The van der Waals surface area contributed by atoms with Crippen molar-refractivity contribution in [2.45, 2.75) is 51.1 Å². The molecule has 19 heavy (non-hydrogen) atoms. The molecule has 1 fully saturated rings. The van der Waals surface area contributed by atoms with Gasteiger partial charge in [0.1, 0.15) is 12.1 Å². The molecule has 3 atom stereocenters. The predicted octanol–water partition coefficient (Wildman–Crippen LogP) is -0.0908. The zero-order valence-corrected chi connectivity index (χ0v) is 12.5. The van der Waals surface area contributed by atoms with E-state index in [4.69, 9.17) is 0 Å². The minimum absolute atomic E-state index is 0. The number of fused-ring (bicyclic) bond motifs is 1. The summed E-state index contributed by atoms with van der Waals surface area (Å²) in [6.45, 7) is 3.75. The minimum atomic E-state index is 0. The van der Waals surface area contributed by atoms with Gasteiger partial charge >= 0.3 is 0 Å². The van der Waals surface area contributed by atoms with Gasteiger partial charge in [-0.25, -0.2) is 0 Å². The van der Waals surface area contributed by atoms with Crippen LogP contribution in [-0.2, 0) is 0 Å². The molecule has 104 valence electrons. The van der Waals surface area contributed by atoms with E-state index in [2.05, 4.69) is 43.3 Å². The molecule has 1 heterocycles. The van der Waals surface area contributed by atoms with Crippen LogP contribution in [-0.4, -0.2) is 12.6 Å². The molecule has 0 bridgehead atoms. The van der Waals surface area contributed by atoms with E-state index in [1.165, 1.54) is 44.2 Å². The second-order valence-electron chi connectivity index (χ2n) is 5.82. The van der Waals surface area contributed by atoms with Crippen LogP contribution >= 0.6 is 0 Å². The van der Waals surface area contributed by atoms with Gasteiger partial charge in [-0.3, -0.25) is 0 Å². The molecule has 1 aromatic rings. The van der Waals surface area contributed by atoms with Crippen LogP contribution in [0, 0.1) is 0 Å². The van der Waals surface area contributed by atoms with Gasteiger partial charge in [0.15, 0.2) is 0 Å². The van der Waals surface area contributed by atoms with Gasteiger partial charge in [-0.2, -0.15) is 0 Å². The number of benzene rings is 1. The molecule has 1 saturated heterocycles. The normalized spacial score (nSPS) is 27.7.